The highest BCUT2D eigenvalue weighted by Gasteiger charge is 2.34. The van der Waals surface area contributed by atoms with Crippen molar-refractivity contribution in [2.45, 2.75) is 138 Å². The van der Waals surface area contributed by atoms with E-state index in [0.717, 1.165) is 19.3 Å². The molecule has 0 saturated heterocycles. The highest BCUT2D eigenvalue weighted by Crippen LogP contribution is 2.33. The molecule has 0 saturated carbocycles. The second-order valence-corrected chi connectivity index (χ2v) is 10.4. The molecule has 0 aliphatic carbocycles. The normalized spacial score (nSPS) is 13.8. The van der Waals surface area contributed by atoms with Crippen LogP contribution in [-0.2, 0) is 19.1 Å². The van der Waals surface area contributed by atoms with Gasteiger partial charge in [-0.2, -0.15) is 0 Å². The third-order valence-corrected chi connectivity index (χ3v) is 5.95. The van der Waals surface area contributed by atoms with E-state index >= 15 is 0 Å². The van der Waals surface area contributed by atoms with Gasteiger partial charge in [0.2, 0.25) is 0 Å². The van der Waals surface area contributed by atoms with Gasteiger partial charge in [-0.05, 0) is 58.3 Å². The first-order valence-electron chi connectivity index (χ1n) is 13.0. The maximum absolute atomic E-state index is 12.7. The van der Waals surface area contributed by atoms with Crippen molar-refractivity contribution in [2.24, 2.45) is 23.7 Å². The predicted molar refractivity (Wildman–Crippen MR) is 130 cm³/mol. The summed E-state index contributed by atoms with van der Waals surface area (Å²) in [4.78, 5) is 24.2. The Bertz CT molecular complexity index is 468. The molecular formula is C27H52O4. The van der Waals surface area contributed by atoms with Crippen LogP contribution in [0.5, 0.6) is 0 Å². The number of hydrogen-bond donors (Lipinski definition) is 0. The molecular weight excluding hydrogens is 388 g/mol. The number of rotatable bonds is 18. The Kier molecular flexibility index (Phi) is 16.9. The van der Waals surface area contributed by atoms with Crippen molar-refractivity contribution < 1.29 is 19.1 Å². The molecule has 0 aliphatic rings. The van der Waals surface area contributed by atoms with E-state index in [4.69, 9.17) is 9.47 Å². The molecule has 184 valence electrons. The molecule has 0 fully saturated rings. The van der Waals surface area contributed by atoms with Gasteiger partial charge >= 0.3 is 11.9 Å². The van der Waals surface area contributed by atoms with Gasteiger partial charge < -0.3 is 9.47 Å². The third-order valence-electron chi connectivity index (χ3n) is 5.95. The average Bonchev–Trinajstić information content (AvgIpc) is 2.63. The molecule has 0 rings (SSSR count). The molecule has 0 amide bonds. The van der Waals surface area contributed by atoms with E-state index in [-0.39, 0.29) is 30.1 Å². The smallest absolute Gasteiger partial charge is 0.309 e. The Morgan fingerprint density at radius 1 is 0.581 bits per heavy atom. The summed E-state index contributed by atoms with van der Waals surface area (Å²) in [5, 5.41) is 0. The van der Waals surface area contributed by atoms with Gasteiger partial charge in [0.25, 0.3) is 0 Å². The number of ether oxygens (including phenoxy) is 2. The van der Waals surface area contributed by atoms with Crippen LogP contribution in [0.1, 0.15) is 126 Å². The van der Waals surface area contributed by atoms with Crippen LogP contribution in [0.25, 0.3) is 0 Å². The molecule has 31 heavy (non-hydrogen) atoms. The van der Waals surface area contributed by atoms with Crippen LogP contribution >= 0.6 is 0 Å². The van der Waals surface area contributed by atoms with Gasteiger partial charge in [0.15, 0.2) is 0 Å². The summed E-state index contributed by atoms with van der Waals surface area (Å²) in [7, 11) is 0. The average molecular weight is 441 g/mol. The molecule has 4 heteroatoms. The van der Waals surface area contributed by atoms with E-state index in [9.17, 15) is 9.59 Å². The van der Waals surface area contributed by atoms with E-state index in [0.29, 0.717) is 24.2 Å². The summed E-state index contributed by atoms with van der Waals surface area (Å²) in [6, 6.07) is 0. The molecule has 0 aromatic rings. The lowest BCUT2D eigenvalue weighted by Gasteiger charge is -2.32. The third kappa shape index (κ3) is 15.4. The van der Waals surface area contributed by atoms with Crippen molar-refractivity contribution in [3.8, 4) is 0 Å². The lowest BCUT2D eigenvalue weighted by Crippen LogP contribution is -2.34. The van der Waals surface area contributed by atoms with E-state index in [1.54, 1.807) is 0 Å². The number of carbonyl (C=O) groups excluding carboxylic acids is 2. The van der Waals surface area contributed by atoms with Gasteiger partial charge in [-0.3, -0.25) is 9.59 Å². The zero-order chi connectivity index (χ0) is 23.8. The van der Waals surface area contributed by atoms with Crippen LogP contribution in [0.3, 0.4) is 0 Å². The maximum Gasteiger partial charge on any atom is 0.309 e. The monoisotopic (exact) mass is 440 g/mol. The summed E-state index contributed by atoms with van der Waals surface area (Å²) in [5.41, 5.74) is 0. The number of hydrogen-bond acceptors (Lipinski definition) is 4. The van der Waals surface area contributed by atoms with Gasteiger partial charge in [-0.1, -0.05) is 79.1 Å². The summed E-state index contributed by atoms with van der Waals surface area (Å²) >= 11 is 0. The molecule has 4 nitrogen and oxygen atoms in total. The zero-order valence-electron chi connectivity index (χ0n) is 21.9. The summed E-state index contributed by atoms with van der Waals surface area (Å²) < 4.78 is 10.7. The van der Waals surface area contributed by atoms with Crippen LogP contribution in [0.4, 0.5) is 0 Å². The second-order valence-electron chi connectivity index (χ2n) is 10.4. The first kappa shape index (κ1) is 29.9. The summed E-state index contributed by atoms with van der Waals surface area (Å²) in [6.07, 6.45) is 12.4. The standard InChI is InChI=1S/C27H52O4/c1-20(2)24(26(21(3)4)27(29)31-23(7)8)18-16-14-12-10-9-11-13-15-17-19-25(28)30-22(5)6/h20-24,26H,9-19H2,1-8H3. The van der Waals surface area contributed by atoms with Crippen molar-refractivity contribution in [1.29, 1.82) is 0 Å². The fourth-order valence-electron chi connectivity index (χ4n) is 4.39. The summed E-state index contributed by atoms with van der Waals surface area (Å²) in [5.74, 6) is 1.12. The topological polar surface area (TPSA) is 52.6 Å². The molecule has 0 aromatic carbocycles. The second kappa shape index (κ2) is 17.5. The van der Waals surface area contributed by atoms with Crippen molar-refractivity contribution in [3.63, 3.8) is 0 Å². The first-order valence-corrected chi connectivity index (χ1v) is 13.0. The first-order chi connectivity index (χ1) is 14.6. The highest BCUT2D eigenvalue weighted by molar-refractivity contribution is 5.73. The van der Waals surface area contributed by atoms with E-state index in [2.05, 4.69) is 27.7 Å². The van der Waals surface area contributed by atoms with Crippen molar-refractivity contribution in [2.75, 3.05) is 0 Å². The van der Waals surface area contributed by atoms with Crippen molar-refractivity contribution in [1.82, 2.24) is 0 Å². The maximum atomic E-state index is 12.7. The summed E-state index contributed by atoms with van der Waals surface area (Å²) in [6.45, 7) is 16.4. The fraction of sp³-hybridized carbons (Fsp3) is 0.926. The molecule has 0 aliphatic heterocycles. The minimum absolute atomic E-state index is 0.000203. The Balaban J connectivity index is 3.99. The Morgan fingerprint density at radius 3 is 1.45 bits per heavy atom. The Labute approximate surface area is 193 Å². The zero-order valence-corrected chi connectivity index (χ0v) is 21.9. The predicted octanol–water partition coefficient (Wildman–Crippen LogP) is 7.73. The molecule has 2 atom stereocenters. The van der Waals surface area contributed by atoms with Crippen LogP contribution in [-0.4, -0.2) is 24.1 Å². The van der Waals surface area contributed by atoms with E-state index in [1.807, 2.05) is 27.7 Å². The van der Waals surface area contributed by atoms with Crippen LogP contribution in [0.15, 0.2) is 0 Å². The minimum Gasteiger partial charge on any atom is -0.463 e. The van der Waals surface area contributed by atoms with E-state index < -0.39 is 0 Å². The molecule has 0 bridgehead atoms. The Morgan fingerprint density at radius 2 is 1.03 bits per heavy atom. The molecule has 0 aromatic heterocycles. The van der Waals surface area contributed by atoms with Crippen molar-refractivity contribution in [3.05, 3.63) is 0 Å². The largest absolute Gasteiger partial charge is 0.463 e. The van der Waals surface area contributed by atoms with Gasteiger partial charge in [-0.15, -0.1) is 0 Å². The molecule has 0 heterocycles. The van der Waals surface area contributed by atoms with Gasteiger partial charge in [0.1, 0.15) is 0 Å². The van der Waals surface area contributed by atoms with Gasteiger partial charge in [0.05, 0.1) is 18.1 Å². The molecule has 0 spiro atoms. The van der Waals surface area contributed by atoms with Crippen molar-refractivity contribution >= 4 is 11.9 Å². The molecule has 2 unspecified atom stereocenters. The molecule has 0 radical (unpaired) electrons. The van der Waals surface area contributed by atoms with Gasteiger partial charge in [-0.25, -0.2) is 0 Å². The lowest BCUT2D eigenvalue weighted by molar-refractivity contribution is -0.157. The number of unbranched alkanes of at least 4 members (excludes halogenated alkanes) is 8. The van der Waals surface area contributed by atoms with E-state index in [1.165, 1.54) is 44.9 Å². The van der Waals surface area contributed by atoms with Gasteiger partial charge in [0, 0.05) is 6.42 Å². The van der Waals surface area contributed by atoms with Crippen LogP contribution in [0.2, 0.25) is 0 Å². The fourth-order valence-corrected chi connectivity index (χ4v) is 4.39. The molecule has 0 N–H and O–H groups in total. The minimum atomic E-state index is -0.0631. The SMILES string of the molecule is CC(C)OC(=O)CCCCCCCCCCCC(C(C)C)C(C(=O)OC(C)C)C(C)C. The highest BCUT2D eigenvalue weighted by atomic mass is 16.5. The number of carbonyl (C=O) groups is 2. The number of esters is 2. The Hall–Kier alpha value is -1.06. The van der Waals surface area contributed by atoms with Crippen LogP contribution < -0.4 is 0 Å². The quantitative estimate of drug-likeness (QED) is 0.162. The lowest BCUT2D eigenvalue weighted by atomic mass is 9.74. The van der Waals surface area contributed by atoms with Crippen LogP contribution in [0, 0.1) is 23.7 Å².